The summed E-state index contributed by atoms with van der Waals surface area (Å²) >= 11 is 4.97. The predicted molar refractivity (Wildman–Crippen MR) is 82.1 cm³/mol. The molecule has 1 fully saturated rings. The quantitative estimate of drug-likeness (QED) is 0.843. The third kappa shape index (κ3) is 3.49. The Morgan fingerprint density at radius 3 is 2.63 bits per heavy atom. The van der Waals surface area contributed by atoms with Gasteiger partial charge in [-0.3, -0.25) is 14.8 Å². The molecule has 2 rings (SSSR count). The molecule has 4 nitrogen and oxygen atoms in total. The van der Waals surface area contributed by atoms with Crippen molar-refractivity contribution in [2.24, 2.45) is 5.73 Å². The van der Waals surface area contributed by atoms with Crippen molar-refractivity contribution < 1.29 is 0 Å². The highest BCUT2D eigenvalue weighted by molar-refractivity contribution is 7.80. The normalized spacial score (nSPS) is 25.4. The number of aromatic nitrogens is 1. The summed E-state index contributed by atoms with van der Waals surface area (Å²) in [5, 5.41) is 0. The van der Waals surface area contributed by atoms with E-state index in [0.29, 0.717) is 22.8 Å². The van der Waals surface area contributed by atoms with Crippen molar-refractivity contribution in [3.63, 3.8) is 0 Å². The van der Waals surface area contributed by atoms with Crippen LogP contribution >= 0.6 is 12.2 Å². The van der Waals surface area contributed by atoms with E-state index in [1.165, 1.54) is 5.56 Å². The maximum atomic E-state index is 5.63. The lowest BCUT2D eigenvalue weighted by molar-refractivity contribution is 0.0556. The number of pyridine rings is 1. The van der Waals surface area contributed by atoms with E-state index in [0.717, 1.165) is 19.6 Å². The Kier molecular flexibility index (Phi) is 4.50. The average Bonchev–Trinajstić information content (AvgIpc) is 2.36. The fourth-order valence-corrected chi connectivity index (χ4v) is 2.72. The molecular formula is C14H22N4S. The molecule has 1 aromatic rings. The van der Waals surface area contributed by atoms with E-state index >= 15 is 0 Å². The van der Waals surface area contributed by atoms with Crippen molar-refractivity contribution >= 4 is 17.2 Å². The number of nitrogens with two attached hydrogens (primary N) is 1. The van der Waals surface area contributed by atoms with Crippen molar-refractivity contribution in [3.8, 4) is 0 Å². The van der Waals surface area contributed by atoms with Gasteiger partial charge in [0, 0.05) is 37.9 Å². The van der Waals surface area contributed by atoms with Crippen LogP contribution in [0.25, 0.3) is 0 Å². The number of likely N-dealkylation sites (N-methyl/N-ethyl adjacent to an activating group) is 1. The van der Waals surface area contributed by atoms with Crippen LogP contribution in [0.15, 0.2) is 18.3 Å². The van der Waals surface area contributed by atoms with Crippen LogP contribution in [0.5, 0.6) is 0 Å². The van der Waals surface area contributed by atoms with Crippen molar-refractivity contribution in [2.45, 2.75) is 32.5 Å². The summed E-state index contributed by atoms with van der Waals surface area (Å²) in [5.74, 6) is 0. The van der Waals surface area contributed by atoms with Crippen LogP contribution in [0.4, 0.5) is 0 Å². The van der Waals surface area contributed by atoms with Crippen LogP contribution in [-0.4, -0.2) is 52.0 Å². The van der Waals surface area contributed by atoms with Crippen LogP contribution in [-0.2, 0) is 6.54 Å². The Balaban J connectivity index is 2.05. The van der Waals surface area contributed by atoms with Crippen molar-refractivity contribution in [1.29, 1.82) is 0 Å². The largest absolute Gasteiger partial charge is 0.388 e. The van der Waals surface area contributed by atoms with Crippen molar-refractivity contribution in [1.82, 2.24) is 14.8 Å². The molecule has 1 aliphatic rings. The first-order chi connectivity index (χ1) is 8.97. The van der Waals surface area contributed by atoms with Crippen molar-refractivity contribution in [2.75, 3.05) is 20.1 Å². The molecule has 0 bridgehead atoms. The fraction of sp³-hybridized carbons (Fsp3) is 0.571. The molecule has 0 radical (unpaired) electrons. The molecule has 0 amide bonds. The average molecular weight is 278 g/mol. The van der Waals surface area contributed by atoms with Gasteiger partial charge < -0.3 is 5.73 Å². The van der Waals surface area contributed by atoms with Gasteiger partial charge in [-0.2, -0.15) is 0 Å². The highest BCUT2D eigenvalue weighted by Crippen LogP contribution is 2.16. The number of rotatable bonds is 3. The maximum absolute atomic E-state index is 5.63. The summed E-state index contributed by atoms with van der Waals surface area (Å²) < 4.78 is 0. The fourth-order valence-electron chi connectivity index (χ4n) is 2.61. The van der Waals surface area contributed by atoms with E-state index in [-0.39, 0.29) is 0 Å². The molecule has 19 heavy (non-hydrogen) atoms. The lowest BCUT2D eigenvalue weighted by Gasteiger charge is -2.42. The third-order valence-electron chi connectivity index (χ3n) is 3.92. The second-order valence-electron chi connectivity index (χ2n) is 5.47. The summed E-state index contributed by atoms with van der Waals surface area (Å²) in [6.45, 7) is 7.66. The second kappa shape index (κ2) is 5.94. The van der Waals surface area contributed by atoms with Gasteiger partial charge in [0.2, 0.25) is 0 Å². The van der Waals surface area contributed by atoms with Gasteiger partial charge in [-0.1, -0.05) is 12.2 Å². The highest BCUT2D eigenvalue weighted by Gasteiger charge is 2.26. The standard InChI is InChI=1S/C14H22N4S/c1-10-7-18(8-11(2)17(10)3)9-12-4-5-16-13(6-12)14(15)19/h4-6,10-11H,7-9H2,1-3H3,(H2,15,19). The number of nitrogens with zero attached hydrogens (tertiary/aromatic N) is 3. The van der Waals surface area contributed by atoms with Gasteiger partial charge in [0.05, 0.1) is 5.69 Å². The summed E-state index contributed by atoms with van der Waals surface area (Å²) in [5.41, 5.74) is 7.56. The lowest BCUT2D eigenvalue weighted by atomic mass is 10.1. The smallest absolute Gasteiger partial charge is 0.122 e. The SMILES string of the molecule is CC1CN(Cc2ccnc(C(N)=S)c2)CC(C)N1C. The van der Waals surface area contributed by atoms with Gasteiger partial charge >= 0.3 is 0 Å². The first-order valence-corrected chi connectivity index (χ1v) is 7.07. The summed E-state index contributed by atoms with van der Waals surface area (Å²) in [7, 11) is 2.20. The van der Waals surface area contributed by atoms with E-state index in [2.05, 4.69) is 35.7 Å². The molecule has 0 spiro atoms. The molecule has 5 heteroatoms. The van der Waals surface area contributed by atoms with Crippen molar-refractivity contribution in [3.05, 3.63) is 29.6 Å². The Morgan fingerprint density at radius 1 is 1.42 bits per heavy atom. The number of thiocarbonyl (C=S) groups is 1. The van der Waals surface area contributed by atoms with Gasteiger partial charge in [0.25, 0.3) is 0 Å². The van der Waals surface area contributed by atoms with E-state index in [1.54, 1.807) is 6.20 Å². The van der Waals surface area contributed by atoms with E-state index in [1.807, 2.05) is 12.1 Å². The molecule has 104 valence electrons. The molecule has 0 aliphatic carbocycles. The Bertz CT molecular complexity index is 451. The molecule has 1 saturated heterocycles. The lowest BCUT2D eigenvalue weighted by Crippen LogP contribution is -2.54. The zero-order chi connectivity index (χ0) is 14.0. The minimum atomic E-state index is 0.363. The van der Waals surface area contributed by atoms with Crippen LogP contribution in [0.3, 0.4) is 0 Å². The van der Waals surface area contributed by atoms with Gasteiger partial charge in [0.1, 0.15) is 4.99 Å². The van der Waals surface area contributed by atoms with E-state index < -0.39 is 0 Å². The maximum Gasteiger partial charge on any atom is 0.122 e. The number of hydrogen-bond donors (Lipinski definition) is 1. The molecule has 0 saturated carbocycles. The Morgan fingerprint density at radius 2 is 2.05 bits per heavy atom. The van der Waals surface area contributed by atoms with Gasteiger partial charge in [-0.15, -0.1) is 0 Å². The van der Waals surface area contributed by atoms with Gasteiger partial charge in [-0.25, -0.2) is 0 Å². The van der Waals surface area contributed by atoms with Crippen LogP contribution < -0.4 is 5.73 Å². The first kappa shape index (κ1) is 14.4. The summed E-state index contributed by atoms with van der Waals surface area (Å²) in [6.07, 6.45) is 1.78. The topological polar surface area (TPSA) is 45.4 Å². The number of piperazine rings is 1. The Hall–Kier alpha value is -1.04. The highest BCUT2D eigenvalue weighted by atomic mass is 32.1. The molecule has 2 atom stereocenters. The van der Waals surface area contributed by atoms with Gasteiger partial charge in [-0.05, 0) is 38.6 Å². The molecule has 1 aromatic heterocycles. The zero-order valence-electron chi connectivity index (χ0n) is 11.8. The second-order valence-corrected chi connectivity index (χ2v) is 5.91. The van der Waals surface area contributed by atoms with E-state index in [9.17, 15) is 0 Å². The molecule has 0 aromatic carbocycles. The molecule has 2 unspecified atom stereocenters. The van der Waals surface area contributed by atoms with Crippen LogP contribution in [0.2, 0.25) is 0 Å². The summed E-state index contributed by atoms with van der Waals surface area (Å²) in [4.78, 5) is 9.46. The minimum Gasteiger partial charge on any atom is -0.388 e. The third-order valence-corrected chi connectivity index (χ3v) is 4.13. The van der Waals surface area contributed by atoms with E-state index in [4.69, 9.17) is 18.0 Å². The predicted octanol–water partition coefficient (Wildman–Crippen LogP) is 1.24. The molecular weight excluding hydrogens is 256 g/mol. The zero-order valence-corrected chi connectivity index (χ0v) is 12.7. The first-order valence-electron chi connectivity index (χ1n) is 6.66. The van der Waals surface area contributed by atoms with Gasteiger partial charge in [0.15, 0.2) is 0 Å². The monoisotopic (exact) mass is 278 g/mol. The summed E-state index contributed by atoms with van der Waals surface area (Å²) in [6, 6.07) is 5.20. The number of hydrogen-bond acceptors (Lipinski definition) is 4. The molecule has 1 aliphatic heterocycles. The van der Waals surface area contributed by atoms with Crippen LogP contribution in [0, 0.1) is 0 Å². The minimum absolute atomic E-state index is 0.363. The van der Waals surface area contributed by atoms with Crippen LogP contribution in [0.1, 0.15) is 25.1 Å². The molecule has 2 N–H and O–H groups in total. The molecule has 2 heterocycles. The Labute approximate surface area is 120 Å².